The molecule has 6 nitrogen and oxygen atoms in total. The number of carbonyl (C=O) groups is 1. The van der Waals surface area contributed by atoms with E-state index in [0.29, 0.717) is 24.6 Å². The second-order valence-corrected chi connectivity index (χ2v) is 5.30. The zero-order chi connectivity index (χ0) is 16.2. The number of benzene rings is 1. The number of halogens is 1. The smallest absolute Gasteiger partial charge is 0.255 e. The molecule has 1 unspecified atom stereocenters. The van der Waals surface area contributed by atoms with Gasteiger partial charge >= 0.3 is 0 Å². The van der Waals surface area contributed by atoms with Crippen LogP contribution in [0.4, 0.5) is 10.3 Å². The van der Waals surface area contributed by atoms with Gasteiger partial charge in [-0.05, 0) is 18.6 Å². The van der Waals surface area contributed by atoms with Crippen molar-refractivity contribution >= 4 is 11.9 Å². The van der Waals surface area contributed by atoms with E-state index in [-0.39, 0.29) is 17.8 Å². The molecule has 1 aromatic heterocycles. The van der Waals surface area contributed by atoms with Crippen molar-refractivity contribution in [3.05, 3.63) is 47.9 Å². The van der Waals surface area contributed by atoms with Gasteiger partial charge < -0.3 is 15.0 Å². The highest BCUT2D eigenvalue weighted by Gasteiger charge is 2.27. The first-order chi connectivity index (χ1) is 11.2. The molecule has 0 saturated carbocycles. The number of methoxy groups -OCH3 is 1. The number of nitrogens with zero attached hydrogens (tertiary/aromatic N) is 3. The predicted molar refractivity (Wildman–Crippen MR) is 82.9 cm³/mol. The van der Waals surface area contributed by atoms with E-state index in [1.54, 1.807) is 17.0 Å². The second-order valence-electron chi connectivity index (χ2n) is 5.30. The molecule has 1 saturated heterocycles. The topological polar surface area (TPSA) is 67.3 Å². The average molecular weight is 316 g/mol. The largest absolute Gasteiger partial charge is 0.479 e. The second kappa shape index (κ2) is 6.60. The van der Waals surface area contributed by atoms with Crippen molar-refractivity contribution in [1.29, 1.82) is 0 Å². The highest BCUT2D eigenvalue weighted by atomic mass is 19.1. The minimum atomic E-state index is -0.606. The number of carbonyl (C=O) groups excluding carboxylic acids is 1. The van der Waals surface area contributed by atoms with Crippen LogP contribution in [0.5, 0.6) is 5.88 Å². The van der Waals surface area contributed by atoms with Crippen LogP contribution in [0.15, 0.2) is 36.5 Å². The normalized spacial score (nSPS) is 17.1. The van der Waals surface area contributed by atoms with E-state index < -0.39 is 5.82 Å². The zero-order valence-corrected chi connectivity index (χ0v) is 12.7. The van der Waals surface area contributed by atoms with Gasteiger partial charge in [0, 0.05) is 24.7 Å². The van der Waals surface area contributed by atoms with Gasteiger partial charge in [0.2, 0.25) is 11.8 Å². The van der Waals surface area contributed by atoms with Gasteiger partial charge in [0.25, 0.3) is 11.8 Å². The highest BCUT2D eigenvalue weighted by Crippen LogP contribution is 2.18. The Morgan fingerprint density at radius 3 is 2.91 bits per heavy atom. The Labute approximate surface area is 133 Å². The molecular formula is C16H17FN4O2. The molecule has 3 rings (SSSR count). The third-order valence-corrected chi connectivity index (χ3v) is 3.73. The molecule has 2 heterocycles. The molecule has 2 aromatic rings. The number of aromatic nitrogens is 2. The highest BCUT2D eigenvalue weighted by molar-refractivity contribution is 5.94. The molecule has 1 fully saturated rings. The van der Waals surface area contributed by atoms with Gasteiger partial charge in [0.15, 0.2) is 0 Å². The van der Waals surface area contributed by atoms with Crippen LogP contribution >= 0.6 is 0 Å². The molecule has 1 N–H and O–H groups in total. The van der Waals surface area contributed by atoms with Crippen LogP contribution in [0.25, 0.3) is 0 Å². The average Bonchev–Trinajstić information content (AvgIpc) is 3.05. The SMILES string of the molecule is COc1nc(NC2CCN(C(=O)c3ccccc3)C2)ncc1F. The van der Waals surface area contributed by atoms with Crippen molar-refractivity contribution in [3.63, 3.8) is 0 Å². The van der Waals surface area contributed by atoms with Crippen LogP contribution in [0.2, 0.25) is 0 Å². The van der Waals surface area contributed by atoms with E-state index in [1.165, 1.54) is 7.11 Å². The van der Waals surface area contributed by atoms with Gasteiger partial charge in [-0.3, -0.25) is 4.79 Å². The van der Waals surface area contributed by atoms with Crippen LogP contribution in [0, 0.1) is 5.82 Å². The number of anilines is 1. The number of ether oxygens (including phenoxy) is 1. The number of likely N-dealkylation sites (tertiary alicyclic amines) is 1. The fraction of sp³-hybridized carbons (Fsp3) is 0.312. The summed E-state index contributed by atoms with van der Waals surface area (Å²) >= 11 is 0. The molecule has 1 aliphatic rings. The number of hydrogen-bond acceptors (Lipinski definition) is 5. The van der Waals surface area contributed by atoms with Gasteiger partial charge in [0.05, 0.1) is 13.3 Å². The molecule has 1 aromatic carbocycles. The van der Waals surface area contributed by atoms with Crippen molar-refractivity contribution in [2.75, 3.05) is 25.5 Å². The van der Waals surface area contributed by atoms with E-state index in [4.69, 9.17) is 4.74 Å². The molecule has 120 valence electrons. The summed E-state index contributed by atoms with van der Waals surface area (Å²) in [6.07, 6.45) is 1.84. The number of hydrogen-bond donors (Lipinski definition) is 1. The van der Waals surface area contributed by atoms with Gasteiger partial charge in [-0.25, -0.2) is 4.98 Å². The molecule has 23 heavy (non-hydrogen) atoms. The van der Waals surface area contributed by atoms with Crippen molar-refractivity contribution in [2.24, 2.45) is 0 Å². The maximum atomic E-state index is 13.3. The van der Waals surface area contributed by atoms with Crippen LogP contribution < -0.4 is 10.1 Å². The standard InChI is InChI=1S/C16H17FN4O2/c1-23-14-13(17)9-18-16(20-14)19-12-7-8-21(10-12)15(22)11-5-3-2-4-6-11/h2-6,9,12H,7-8,10H2,1H3,(H,18,19,20). The lowest BCUT2D eigenvalue weighted by atomic mass is 10.2. The minimum Gasteiger partial charge on any atom is -0.479 e. The molecule has 0 radical (unpaired) electrons. The summed E-state index contributed by atoms with van der Waals surface area (Å²) in [5, 5.41) is 3.12. The Bertz CT molecular complexity index is 696. The van der Waals surface area contributed by atoms with Crippen molar-refractivity contribution < 1.29 is 13.9 Å². The van der Waals surface area contributed by atoms with Gasteiger partial charge in [-0.15, -0.1) is 0 Å². The predicted octanol–water partition coefficient (Wildman–Crippen LogP) is 1.95. The summed E-state index contributed by atoms with van der Waals surface area (Å²) in [5.41, 5.74) is 0.674. The summed E-state index contributed by atoms with van der Waals surface area (Å²) in [6.45, 7) is 1.21. The van der Waals surface area contributed by atoms with Gasteiger partial charge in [0.1, 0.15) is 0 Å². The summed E-state index contributed by atoms with van der Waals surface area (Å²) in [4.78, 5) is 22.0. The first-order valence-corrected chi connectivity index (χ1v) is 7.35. The molecule has 7 heteroatoms. The molecule has 1 atom stereocenters. The fourth-order valence-corrected chi connectivity index (χ4v) is 2.57. The summed E-state index contributed by atoms with van der Waals surface area (Å²) in [5.74, 6) is -0.405. The van der Waals surface area contributed by atoms with E-state index in [1.807, 2.05) is 18.2 Å². The Kier molecular flexibility index (Phi) is 4.36. The Hall–Kier alpha value is -2.70. The Balaban J connectivity index is 1.63. The third-order valence-electron chi connectivity index (χ3n) is 3.73. The number of nitrogens with one attached hydrogen (secondary N) is 1. The van der Waals surface area contributed by atoms with E-state index in [0.717, 1.165) is 12.6 Å². The molecule has 1 aliphatic heterocycles. The number of rotatable bonds is 4. The van der Waals surface area contributed by atoms with E-state index >= 15 is 0 Å². The lowest BCUT2D eigenvalue weighted by Crippen LogP contribution is -2.31. The lowest BCUT2D eigenvalue weighted by molar-refractivity contribution is 0.0791. The quantitative estimate of drug-likeness (QED) is 0.934. The van der Waals surface area contributed by atoms with Crippen molar-refractivity contribution in [3.8, 4) is 5.88 Å². The monoisotopic (exact) mass is 316 g/mol. The minimum absolute atomic E-state index is 0.00695. The maximum Gasteiger partial charge on any atom is 0.255 e. The fourth-order valence-electron chi connectivity index (χ4n) is 2.57. The summed E-state index contributed by atoms with van der Waals surface area (Å²) < 4.78 is 18.1. The first-order valence-electron chi connectivity index (χ1n) is 7.35. The van der Waals surface area contributed by atoms with Crippen LogP contribution in [0.3, 0.4) is 0 Å². The van der Waals surface area contributed by atoms with Crippen LogP contribution in [-0.2, 0) is 0 Å². The Morgan fingerprint density at radius 1 is 1.39 bits per heavy atom. The first kappa shape index (κ1) is 15.2. The zero-order valence-electron chi connectivity index (χ0n) is 12.7. The Morgan fingerprint density at radius 2 is 2.17 bits per heavy atom. The van der Waals surface area contributed by atoms with Crippen LogP contribution in [-0.4, -0.2) is 47.0 Å². The van der Waals surface area contributed by atoms with Crippen LogP contribution in [0.1, 0.15) is 16.8 Å². The molecule has 0 spiro atoms. The third kappa shape index (κ3) is 3.39. The van der Waals surface area contributed by atoms with Crippen molar-refractivity contribution in [1.82, 2.24) is 14.9 Å². The summed E-state index contributed by atoms with van der Waals surface area (Å²) in [7, 11) is 1.35. The summed E-state index contributed by atoms with van der Waals surface area (Å²) in [6, 6.07) is 9.20. The maximum absolute atomic E-state index is 13.3. The van der Waals surface area contributed by atoms with E-state index in [2.05, 4.69) is 15.3 Å². The van der Waals surface area contributed by atoms with Gasteiger partial charge in [-0.1, -0.05) is 18.2 Å². The lowest BCUT2D eigenvalue weighted by Gasteiger charge is -2.17. The van der Waals surface area contributed by atoms with Gasteiger partial charge in [-0.2, -0.15) is 9.37 Å². The molecule has 1 amide bonds. The molecule has 0 aliphatic carbocycles. The van der Waals surface area contributed by atoms with E-state index in [9.17, 15) is 9.18 Å². The van der Waals surface area contributed by atoms with Crippen molar-refractivity contribution in [2.45, 2.75) is 12.5 Å². The molecule has 0 bridgehead atoms. The molecular weight excluding hydrogens is 299 g/mol. The number of amides is 1.